The molecule has 92 valence electrons. The highest BCUT2D eigenvalue weighted by Crippen LogP contribution is 2.38. The molecule has 1 amide bonds. The first-order chi connectivity index (χ1) is 8.20. The maximum atomic E-state index is 11.3. The van der Waals surface area contributed by atoms with Gasteiger partial charge in [0.25, 0.3) is 0 Å². The Hall–Kier alpha value is -1.43. The van der Waals surface area contributed by atoms with Gasteiger partial charge >= 0.3 is 6.09 Å². The molecule has 0 atom stereocenters. The van der Waals surface area contributed by atoms with Gasteiger partial charge in [0.15, 0.2) is 11.5 Å². The molecule has 0 bridgehead atoms. The van der Waals surface area contributed by atoms with Gasteiger partial charge in [0.1, 0.15) is 13.2 Å². The molecule has 1 aromatic carbocycles. The Kier molecular flexibility index (Phi) is 3.73. The van der Waals surface area contributed by atoms with Crippen LogP contribution >= 0.6 is 15.9 Å². The summed E-state index contributed by atoms with van der Waals surface area (Å²) in [6.45, 7) is 3.12. The van der Waals surface area contributed by atoms with Gasteiger partial charge < -0.3 is 14.2 Å². The zero-order chi connectivity index (χ0) is 12.3. The maximum Gasteiger partial charge on any atom is 0.411 e. The van der Waals surface area contributed by atoms with E-state index in [4.69, 9.17) is 14.2 Å². The van der Waals surface area contributed by atoms with Crippen molar-refractivity contribution in [3.8, 4) is 11.5 Å². The number of ether oxygens (including phenoxy) is 3. The Morgan fingerprint density at radius 1 is 1.41 bits per heavy atom. The van der Waals surface area contributed by atoms with Crippen molar-refractivity contribution in [2.75, 3.05) is 25.1 Å². The lowest BCUT2D eigenvalue weighted by Gasteiger charge is -2.20. The Bertz CT molecular complexity index is 436. The number of benzene rings is 1. The summed E-state index contributed by atoms with van der Waals surface area (Å²) in [7, 11) is 0. The third-order valence-electron chi connectivity index (χ3n) is 2.14. The van der Waals surface area contributed by atoms with E-state index < -0.39 is 6.09 Å². The van der Waals surface area contributed by atoms with Crippen molar-refractivity contribution in [1.29, 1.82) is 0 Å². The highest BCUT2D eigenvalue weighted by Gasteiger charge is 2.16. The van der Waals surface area contributed by atoms with E-state index in [9.17, 15) is 4.79 Å². The fraction of sp³-hybridized carbons (Fsp3) is 0.364. The van der Waals surface area contributed by atoms with Gasteiger partial charge in [-0.3, -0.25) is 5.32 Å². The topological polar surface area (TPSA) is 56.8 Å². The number of carbonyl (C=O) groups excluding carboxylic acids is 1. The summed E-state index contributed by atoms with van der Waals surface area (Å²) in [5, 5.41) is 2.62. The molecule has 0 fully saturated rings. The van der Waals surface area contributed by atoms with Crippen LogP contribution in [0.15, 0.2) is 16.6 Å². The van der Waals surface area contributed by atoms with Crippen molar-refractivity contribution in [1.82, 2.24) is 0 Å². The number of nitrogens with one attached hydrogen (secondary N) is 1. The monoisotopic (exact) mass is 301 g/mol. The second kappa shape index (κ2) is 5.27. The van der Waals surface area contributed by atoms with Gasteiger partial charge in [0.05, 0.1) is 12.3 Å². The summed E-state index contributed by atoms with van der Waals surface area (Å²) in [4.78, 5) is 11.3. The Morgan fingerprint density at radius 3 is 2.71 bits per heavy atom. The van der Waals surface area contributed by atoms with Gasteiger partial charge in [-0.05, 0) is 22.9 Å². The molecule has 0 unspecified atom stereocenters. The van der Waals surface area contributed by atoms with E-state index in [1.807, 2.05) is 0 Å². The van der Waals surface area contributed by atoms with E-state index in [-0.39, 0.29) is 0 Å². The fourth-order valence-electron chi connectivity index (χ4n) is 1.44. The van der Waals surface area contributed by atoms with Crippen LogP contribution in [0.5, 0.6) is 11.5 Å². The Labute approximate surface area is 107 Å². The number of halogens is 1. The first-order valence-corrected chi connectivity index (χ1v) is 6.03. The fourth-order valence-corrected chi connectivity index (χ4v) is 1.86. The lowest BCUT2D eigenvalue weighted by molar-refractivity contribution is 0.167. The summed E-state index contributed by atoms with van der Waals surface area (Å²) in [6.07, 6.45) is -0.495. The molecule has 5 nitrogen and oxygen atoms in total. The second-order valence-electron chi connectivity index (χ2n) is 3.32. The Morgan fingerprint density at radius 2 is 2.06 bits per heavy atom. The van der Waals surface area contributed by atoms with Crippen molar-refractivity contribution in [3.63, 3.8) is 0 Å². The van der Waals surface area contributed by atoms with E-state index in [2.05, 4.69) is 21.2 Å². The van der Waals surface area contributed by atoms with E-state index >= 15 is 0 Å². The number of carbonyl (C=O) groups is 1. The molecular formula is C11H12BrNO4. The largest absolute Gasteiger partial charge is 0.486 e. The van der Waals surface area contributed by atoms with Gasteiger partial charge in [-0.25, -0.2) is 4.79 Å². The third-order valence-corrected chi connectivity index (χ3v) is 2.80. The van der Waals surface area contributed by atoms with Crippen LogP contribution in [-0.2, 0) is 4.74 Å². The van der Waals surface area contributed by atoms with Gasteiger partial charge in [-0.1, -0.05) is 0 Å². The van der Waals surface area contributed by atoms with Crippen molar-refractivity contribution in [2.24, 2.45) is 0 Å². The number of hydrogen-bond donors (Lipinski definition) is 1. The molecule has 0 radical (unpaired) electrons. The minimum atomic E-state index is -0.495. The van der Waals surface area contributed by atoms with E-state index in [1.165, 1.54) is 0 Å². The summed E-state index contributed by atoms with van der Waals surface area (Å²) in [6, 6.07) is 3.46. The first-order valence-electron chi connectivity index (χ1n) is 5.23. The maximum absolute atomic E-state index is 11.3. The van der Waals surface area contributed by atoms with Crippen LogP contribution in [-0.4, -0.2) is 25.9 Å². The summed E-state index contributed by atoms with van der Waals surface area (Å²) in [5.74, 6) is 1.28. The molecule has 17 heavy (non-hydrogen) atoms. The van der Waals surface area contributed by atoms with Crippen LogP contribution in [0.1, 0.15) is 6.92 Å². The van der Waals surface area contributed by atoms with Crippen LogP contribution in [0.4, 0.5) is 10.5 Å². The molecule has 0 saturated carbocycles. The molecule has 1 aromatic rings. The van der Waals surface area contributed by atoms with Crippen LogP contribution in [0, 0.1) is 0 Å². The Balaban J connectivity index is 2.19. The molecule has 1 N–H and O–H groups in total. The lowest BCUT2D eigenvalue weighted by Crippen LogP contribution is -2.17. The first kappa shape index (κ1) is 12.0. The van der Waals surface area contributed by atoms with Gasteiger partial charge in [0.2, 0.25) is 0 Å². The van der Waals surface area contributed by atoms with Crippen molar-refractivity contribution >= 4 is 27.7 Å². The van der Waals surface area contributed by atoms with Crippen LogP contribution in [0.3, 0.4) is 0 Å². The van der Waals surface area contributed by atoms with Gasteiger partial charge in [-0.15, -0.1) is 0 Å². The quantitative estimate of drug-likeness (QED) is 0.912. The predicted octanol–water partition coefficient (Wildman–Crippen LogP) is 2.79. The minimum Gasteiger partial charge on any atom is -0.486 e. The number of fused-ring (bicyclic) bond motifs is 1. The molecule has 0 saturated heterocycles. The predicted molar refractivity (Wildman–Crippen MR) is 65.8 cm³/mol. The van der Waals surface area contributed by atoms with Crippen molar-refractivity contribution in [3.05, 3.63) is 16.6 Å². The van der Waals surface area contributed by atoms with E-state index in [0.29, 0.717) is 37.0 Å². The molecule has 0 aliphatic carbocycles. The van der Waals surface area contributed by atoms with Gasteiger partial charge in [-0.2, -0.15) is 0 Å². The zero-order valence-electron chi connectivity index (χ0n) is 9.29. The highest BCUT2D eigenvalue weighted by atomic mass is 79.9. The minimum absolute atomic E-state index is 0.327. The van der Waals surface area contributed by atoms with Gasteiger partial charge in [0, 0.05) is 16.6 Å². The van der Waals surface area contributed by atoms with Crippen molar-refractivity contribution in [2.45, 2.75) is 6.92 Å². The summed E-state index contributed by atoms with van der Waals surface area (Å²) >= 11 is 3.35. The molecule has 1 aliphatic heterocycles. The SMILES string of the molecule is CCOC(=O)Nc1cc2c(cc1Br)OCCO2. The number of anilines is 1. The number of rotatable bonds is 2. The lowest BCUT2D eigenvalue weighted by atomic mass is 10.2. The summed E-state index contributed by atoms with van der Waals surface area (Å²) < 4.78 is 16.4. The van der Waals surface area contributed by atoms with Crippen molar-refractivity contribution < 1.29 is 19.0 Å². The molecule has 1 heterocycles. The zero-order valence-corrected chi connectivity index (χ0v) is 10.9. The van der Waals surface area contributed by atoms with E-state index in [1.54, 1.807) is 19.1 Å². The normalized spacial score (nSPS) is 13.1. The van der Waals surface area contributed by atoms with Crippen LogP contribution < -0.4 is 14.8 Å². The van der Waals surface area contributed by atoms with Crippen LogP contribution in [0.2, 0.25) is 0 Å². The molecule has 2 rings (SSSR count). The molecule has 6 heteroatoms. The third kappa shape index (κ3) is 2.82. The van der Waals surface area contributed by atoms with Crippen LogP contribution in [0.25, 0.3) is 0 Å². The summed E-state index contributed by atoms with van der Waals surface area (Å²) in [5.41, 5.74) is 0.590. The number of amides is 1. The average Bonchev–Trinajstić information content (AvgIpc) is 2.30. The highest BCUT2D eigenvalue weighted by molar-refractivity contribution is 9.10. The standard InChI is InChI=1S/C11H12BrNO4/c1-2-15-11(14)13-8-6-10-9(5-7(8)12)16-3-4-17-10/h5-6H,2-4H2,1H3,(H,13,14). The molecular weight excluding hydrogens is 290 g/mol. The smallest absolute Gasteiger partial charge is 0.411 e. The van der Waals surface area contributed by atoms with E-state index in [0.717, 1.165) is 4.47 Å². The molecule has 0 aromatic heterocycles. The molecule has 1 aliphatic rings. The number of hydrogen-bond acceptors (Lipinski definition) is 4. The average molecular weight is 302 g/mol. The second-order valence-corrected chi connectivity index (χ2v) is 4.18. The molecule has 0 spiro atoms.